The molecule has 1 aliphatic carbocycles. The highest BCUT2D eigenvalue weighted by Crippen LogP contribution is 2.41. The summed E-state index contributed by atoms with van der Waals surface area (Å²) in [6, 6.07) is 20.7. The van der Waals surface area contributed by atoms with E-state index in [0.29, 0.717) is 27.3 Å². The van der Waals surface area contributed by atoms with Crippen molar-refractivity contribution >= 4 is 46.3 Å². The Morgan fingerprint density at radius 3 is 2.33 bits per heavy atom. The van der Waals surface area contributed by atoms with Crippen LogP contribution in [0.25, 0.3) is 5.69 Å². The number of thioether (sulfide) groups is 1. The van der Waals surface area contributed by atoms with Crippen LogP contribution >= 0.6 is 23.1 Å². The highest BCUT2D eigenvalue weighted by molar-refractivity contribution is 7.99. The monoisotopic (exact) mass is 475 g/mol. The van der Waals surface area contributed by atoms with E-state index < -0.39 is 0 Å². The number of carbonyl (C=O) groups is 2. The number of nitrogens with one attached hydrogen (secondary N) is 2. The number of carbonyl (C=O) groups excluding carboxylic acids is 2. The van der Waals surface area contributed by atoms with E-state index in [2.05, 4.69) is 25.4 Å². The Balaban J connectivity index is 1.20. The molecule has 2 aromatic heterocycles. The fraction of sp³-hybridized carbons (Fsp3) is 0.167. The minimum atomic E-state index is -0.147. The second kappa shape index (κ2) is 9.60. The number of hydrogen-bond donors (Lipinski definition) is 2. The lowest BCUT2D eigenvalue weighted by Crippen LogP contribution is -2.15. The third-order valence-electron chi connectivity index (χ3n) is 5.12. The molecule has 4 aromatic rings. The zero-order valence-corrected chi connectivity index (χ0v) is 19.2. The van der Waals surface area contributed by atoms with Crippen LogP contribution in [0.5, 0.6) is 0 Å². The van der Waals surface area contributed by atoms with Crippen molar-refractivity contribution in [3.63, 3.8) is 0 Å². The smallest absolute Gasteiger partial charge is 0.265 e. The van der Waals surface area contributed by atoms with E-state index in [9.17, 15) is 9.59 Å². The Labute approximate surface area is 199 Å². The summed E-state index contributed by atoms with van der Waals surface area (Å²) < 4.78 is 2.06. The first-order valence-electron chi connectivity index (χ1n) is 10.6. The highest BCUT2D eigenvalue weighted by atomic mass is 32.2. The number of para-hydroxylation sites is 1. The number of aromatic nitrogens is 3. The van der Waals surface area contributed by atoms with Gasteiger partial charge in [-0.1, -0.05) is 36.0 Å². The van der Waals surface area contributed by atoms with Crippen LogP contribution in [0.1, 0.15) is 34.3 Å². The number of rotatable bonds is 8. The number of hydrogen-bond acceptors (Lipinski definition) is 6. The quantitative estimate of drug-likeness (QED) is 0.343. The van der Waals surface area contributed by atoms with Gasteiger partial charge in [0.1, 0.15) is 5.82 Å². The second-order valence-electron chi connectivity index (χ2n) is 7.63. The maximum absolute atomic E-state index is 12.5. The van der Waals surface area contributed by atoms with Gasteiger partial charge in [0.05, 0.1) is 10.6 Å². The van der Waals surface area contributed by atoms with Gasteiger partial charge in [0, 0.05) is 23.0 Å². The summed E-state index contributed by atoms with van der Waals surface area (Å²) in [5.74, 6) is 1.34. The van der Waals surface area contributed by atoms with Crippen molar-refractivity contribution in [2.24, 2.45) is 0 Å². The molecule has 2 aromatic carbocycles. The predicted octanol–water partition coefficient (Wildman–Crippen LogP) is 5.19. The molecule has 2 amide bonds. The number of anilines is 2. The first-order valence-corrected chi connectivity index (χ1v) is 12.4. The summed E-state index contributed by atoms with van der Waals surface area (Å²) in [5, 5.41) is 17.1. The lowest BCUT2D eigenvalue weighted by atomic mass is 10.2. The standard InChI is InChI=1S/C24H21N5O2S2/c30-21(25-17-10-12-18(13-11-17)26-23(31)20-7-4-14-32-20)15-33-24-28-27-22(16-8-9-16)29(24)19-5-2-1-3-6-19/h1-7,10-14,16H,8-9,15H2,(H,25,30)(H,26,31). The Kier molecular flexibility index (Phi) is 6.23. The summed E-state index contributed by atoms with van der Waals surface area (Å²) in [5.41, 5.74) is 2.34. The van der Waals surface area contributed by atoms with Crippen LogP contribution in [-0.2, 0) is 4.79 Å². The average molecular weight is 476 g/mol. The topological polar surface area (TPSA) is 88.9 Å². The van der Waals surface area contributed by atoms with E-state index in [1.54, 1.807) is 30.3 Å². The number of benzene rings is 2. The van der Waals surface area contributed by atoms with Gasteiger partial charge in [-0.2, -0.15) is 0 Å². The van der Waals surface area contributed by atoms with E-state index in [1.165, 1.54) is 23.1 Å². The van der Waals surface area contributed by atoms with E-state index in [1.807, 2.05) is 41.8 Å². The third kappa shape index (κ3) is 5.15. The van der Waals surface area contributed by atoms with Gasteiger partial charge < -0.3 is 10.6 Å². The molecule has 1 fully saturated rings. The lowest BCUT2D eigenvalue weighted by Gasteiger charge is -2.10. The molecule has 7 nitrogen and oxygen atoms in total. The fourth-order valence-electron chi connectivity index (χ4n) is 3.36. The molecule has 5 rings (SSSR count). The van der Waals surface area contributed by atoms with Crippen molar-refractivity contribution in [1.29, 1.82) is 0 Å². The van der Waals surface area contributed by atoms with Crippen LogP contribution in [0.4, 0.5) is 11.4 Å². The predicted molar refractivity (Wildman–Crippen MR) is 131 cm³/mol. The van der Waals surface area contributed by atoms with Crippen LogP contribution in [0.15, 0.2) is 77.3 Å². The first-order chi connectivity index (χ1) is 16.2. The third-order valence-corrected chi connectivity index (χ3v) is 6.92. The minimum Gasteiger partial charge on any atom is -0.325 e. The van der Waals surface area contributed by atoms with Crippen LogP contribution in [0.2, 0.25) is 0 Å². The number of nitrogens with zero attached hydrogens (tertiary/aromatic N) is 3. The molecule has 1 aliphatic rings. The first kappa shape index (κ1) is 21.4. The summed E-state index contributed by atoms with van der Waals surface area (Å²) in [7, 11) is 0. The normalized spacial score (nSPS) is 13.0. The molecule has 166 valence electrons. The Hall–Kier alpha value is -3.43. The number of amides is 2. The van der Waals surface area contributed by atoms with Crippen molar-refractivity contribution in [1.82, 2.24) is 14.8 Å². The molecule has 33 heavy (non-hydrogen) atoms. The van der Waals surface area contributed by atoms with Crippen molar-refractivity contribution < 1.29 is 9.59 Å². The Bertz CT molecular complexity index is 1250. The van der Waals surface area contributed by atoms with Gasteiger partial charge in [0.2, 0.25) is 5.91 Å². The molecular weight excluding hydrogens is 454 g/mol. The summed E-state index contributed by atoms with van der Waals surface area (Å²) >= 11 is 2.76. The van der Waals surface area contributed by atoms with Gasteiger partial charge >= 0.3 is 0 Å². The van der Waals surface area contributed by atoms with Crippen LogP contribution in [0, 0.1) is 0 Å². The average Bonchev–Trinajstić information content (AvgIpc) is 3.35. The molecule has 9 heteroatoms. The lowest BCUT2D eigenvalue weighted by molar-refractivity contribution is -0.113. The Morgan fingerprint density at radius 2 is 1.67 bits per heavy atom. The molecule has 0 radical (unpaired) electrons. The SMILES string of the molecule is O=C(CSc1nnc(C2CC2)n1-c1ccccc1)Nc1ccc(NC(=O)c2cccs2)cc1. The largest absolute Gasteiger partial charge is 0.325 e. The molecule has 0 bridgehead atoms. The summed E-state index contributed by atoms with van der Waals surface area (Å²) in [4.78, 5) is 25.3. The van der Waals surface area contributed by atoms with Gasteiger partial charge in [0.25, 0.3) is 5.91 Å². The molecule has 0 aliphatic heterocycles. The summed E-state index contributed by atoms with van der Waals surface area (Å²) in [6.45, 7) is 0. The summed E-state index contributed by atoms with van der Waals surface area (Å²) in [6.07, 6.45) is 2.25. The van der Waals surface area contributed by atoms with Gasteiger partial charge in [0.15, 0.2) is 5.16 Å². The van der Waals surface area contributed by atoms with Crippen molar-refractivity contribution in [3.05, 3.63) is 82.8 Å². The second-order valence-corrected chi connectivity index (χ2v) is 9.52. The maximum atomic E-state index is 12.5. The van der Waals surface area contributed by atoms with E-state index in [4.69, 9.17) is 0 Å². The molecule has 1 saturated carbocycles. The Morgan fingerprint density at radius 1 is 0.939 bits per heavy atom. The van der Waals surface area contributed by atoms with E-state index in [-0.39, 0.29) is 17.6 Å². The molecule has 0 spiro atoms. The van der Waals surface area contributed by atoms with Crippen LogP contribution < -0.4 is 10.6 Å². The van der Waals surface area contributed by atoms with Gasteiger partial charge in [-0.25, -0.2) is 0 Å². The van der Waals surface area contributed by atoms with Crippen molar-refractivity contribution in [2.45, 2.75) is 23.9 Å². The van der Waals surface area contributed by atoms with Gasteiger partial charge in [-0.15, -0.1) is 21.5 Å². The van der Waals surface area contributed by atoms with Crippen molar-refractivity contribution in [2.75, 3.05) is 16.4 Å². The highest BCUT2D eigenvalue weighted by Gasteiger charge is 2.31. The van der Waals surface area contributed by atoms with E-state index in [0.717, 1.165) is 24.4 Å². The van der Waals surface area contributed by atoms with Gasteiger partial charge in [-0.05, 0) is 60.7 Å². The zero-order valence-electron chi connectivity index (χ0n) is 17.6. The van der Waals surface area contributed by atoms with Crippen LogP contribution in [0.3, 0.4) is 0 Å². The zero-order chi connectivity index (χ0) is 22.6. The van der Waals surface area contributed by atoms with E-state index >= 15 is 0 Å². The fourth-order valence-corrected chi connectivity index (χ4v) is 4.74. The minimum absolute atomic E-state index is 0.133. The molecular formula is C24H21N5O2S2. The van der Waals surface area contributed by atoms with Gasteiger partial charge in [-0.3, -0.25) is 14.2 Å². The molecule has 0 atom stereocenters. The van der Waals surface area contributed by atoms with Crippen LogP contribution in [-0.4, -0.2) is 32.3 Å². The molecule has 2 heterocycles. The molecule has 0 saturated heterocycles. The molecule has 0 unspecified atom stereocenters. The van der Waals surface area contributed by atoms with Crippen molar-refractivity contribution in [3.8, 4) is 5.69 Å². The number of thiophene rings is 1. The maximum Gasteiger partial charge on any atom is 0.265 e. The molecule has 2 N–H and O–H groups in total.